The Labute approximate surface area is 122 Å². The maximum Gasteiger partial charge on any atom is 0.231 e. The van der Waals surface area contributed by atoms with Gasteiger partial charge in [0.2, 0.25) is 5.91 Å². The van der Waals surface area contributed by atoms with Crippen molar-refractivity contribution in [1.82, 2.24) is 0 Å². The number of ether oxygens (including phenoxy) is 1. The first-order valence-corrected chi connectivity index (χ1v) is 7.17. The highest BCUT2D eigenvalue weighted by Crippen LogP contribution is 2.29. The van der Waals surface area contributed by atoms with Crippen molar-refractivity contribution < 1.29 is 9.53 Å². The molecule has 1 heterocycles. The zero-order valence-corrected chi connectivity index (χ0v) is 13.2. The lowest BCUT2D eigenvalue weighted by Gasteiger charge is -2.23. The molecule has 0 spiro atoms. The van der Waals surface area contributed by atoms with Crippen molar-refractivity contribution in [1.29, 1.82) is 0 Å². The molecule has 1 amide bonds. The minimum atomic E-state index is -0.155. The molecule has 98 valence electrons. The smallest absolute Gasteiger partial charge is 0.231 e. The van der Waals surface area contributed by atoms with E-state index in [9.17, 15) is 4.79 Å². The molecule has 0 saturated heterocycles. The van der Waals surface area contributed by atoms with E-state index in [1.54, 1.807) is 0 Å². The van der Waals surface area contributed by atoms with Crippen molar-refractivity contribution in [3.8, 4) is 0 Å². The summed E-state index contributed by atoms with van der Waals surface area (Å²) >= 11 is 2.27. The summed E-state index contributed by atoms with van der Waals surface area (Å²) < 4.78 is 6.86. The monoisotopic (exact) mass is 359 g/mol. The van der Waals surface area contributed by atoms with Gasteiger partial charge in [0, 0.05) is 15.8 Å². The number of rotatable bonds is 3. The summed E-state index contributed by atoms with van der Waals surface area (Å²) in [6.45, 7) is 7.27. The Hall–Kier alpha value is -0.620. The van der Waals surface area contributed by atoms with Crippen LogP contribution in [0.25, 0.3) is 0 Å². The molecule has 1 aromatic carbocycles. The first-order valence-electron chi connectivity index (χ1n) is 6.09. The highest BCUT2D eigenvalue weighted by molar-refractivity contribution is 14.1. The zero-order chi connectivity index (χ0) is 13.3. The van der Waals surface area contributed by atoms with Crippen molar-refractivity contribution in [2.75, 3.05) is 18.1 Å². The van der Waals surface area contributed by atoms with Crippen LogP contribution in [0.1, 0.15) is 26.3 Å². The summed E-state index contributed by atoms with van der Waals surface area (Å²) in [5.74, 6) is 0.171. The number of carbonyl (C=O) groups is 1. The zero-order valence-electron chi connectivity index (χ0n) is 11.0. The molecule has 0 aromatic heterocycles. The lowest BCUT2D eigenvalue weighted by Crippen LogP contribution is -2.33. The SMILES string of the molecule is CC(C)(C)OCCN1C(=O)Cc2cc(I)ccc21. The second kappa shape index (κ2) is 5.17. The van der Waals surface area contributed by atoms with Crippen LogP contribution in [0.3, 0.4) is 0 Å². The molecule has 1 aliphatic rings. The number of hydrogen-bond donors (Lipinski definition) is 0. The maximum atomic E-state index is 12.0. The number of benzene rings is 1. The molecule has 0 radical (unpaired) electrons. The topological polar surface area (TPSA) is 29.5 Å². The number of hydrogen-bond acceptors (Lipinski definition) is 2. The van der Waals surface area contributed by atoms with Crippen molar-refractivity contribution in [3.63, 3.8) is 0 Å². The van der Waals surface area contributed by atoms with Crippen molar-refractivity contribution in [3.05, 3.63) is 27.3 Å². The third-order valence-corrected chi connectivity index (χ3v) is 3.50. The molecule has 18 heavy (non-hydrogen) atoms. The quantitative estimate of drug-likeness (QED) is 0.777. The molecule has 0 bridgehead atoms. The van der Waals surface area contributed by atoms with Gasteiger partial charge in [0.05, 0.1) is 18.6 Å². The maximum absolute atomic E-state index is 12.0. The molecule has 0 unspecified atom stereocenters. The molecule has 0 fully saturated rings. The summed E-state index contributed by atoms with van der Waals surface area (Å²) in [5, 5.41) is 0. The number of fused-ring (bicyclic) bond motifs is 1. The van der Waals surface area contributed by atoms with Crippen LogP contribution >= 0.6 is 22.6 Å². The van der Waals surface area contributed by atoms with Crippen LogP contribution in [0.4, 0.5) is 5.69 Å². The Morgan fingerprint density at radius 1 is 1.39 bits per heavy atom. The van der Waals surface area contributed by atoms with Crippen LogP contribution in [0.2, 0.25) is 0 Å². The minimum Gasteiger partial charge on any atom is -0.374 e. The molecular weight excluding hydrogens is 341 g/mol. The highest BCUT2D eigenvalue weighted by Gasteiger charge is 2.27. The fraction of sp³-hybridized carbons (Fsp3) is 0.500. The first kappa shape index (κ1) is 13.8. The van der Waals surface area contributed by atoms with Crippen LogP contribution in [0.15, 0.2) is 18.2 Å². The average Bonchev–Trinajstić information content (AvgIpc) is 2.52. The van der Waals surface area contributed by atoms with Crippen LogP contribution in [0, 0.1) is 3.57 Å². The van der Waals surface area contributed by atoms with Gasteiger partial charge in [-0.1, -0.05) is 0 Å². The second-order valence-electron chi connectivity index (χ2n) is 5.46. The van der Waals surface area contributed by atoms with Gasteiger partial charge in [0.25, 0.3) is 0 Å². The molecule has 2 rings (SSSR count). The summed E-state index contributed by atoms with van der Waals surface area (Å²) in [7, 11) is 0. The fourth-order valence-electron chi connectivity index (χ4n) is 2.04. The molecule has 1 aromatic rings. The lowest BCUT2D eigenvalue weighted by atomic mass is 10.2. The number of halogens is 1. The normalized spacial score (nSPS) is 15.1. The van der Waals surface area contributed by atoms with Crippen LogP contribution in [-0.4, -0.2) is 24.7 Å². The Balaban J connectivity index is 2.05. The predicted molar refractivity (Wildman–Crippen MR) is 80.9 cm³/mol. The van der Waals surface area contributed by atoms with Crippen LogP contribution < -0.4 is 4.90 Å². The standard InChI is InChI=1S/C14H18INO2/c1-14(2,3)18-7-6-16-12-5-4-11(15)8-10(12)9-13(16)17/h4-5,8H,6-7,9H2,1-3H3. The minimum absolute atomic E-state index is 0.155. The van der Waals surface area contributed by atoms with Gasteiger partial charge in [0.1, 0.15) is 0 Å². The molecule has 1 aliphatic heterocycles. The second-order valence-corrected chi connectivity index (χ2v) is 6.70. The van der Waals surface area contributed by atoms with Gasteiger partial charge in [-0.15, -0.1) is 0 Å². The highest BCUT2D eigenvalue weighted by atomic mass is 127. The lowest BCUT2D eigenvalue weighted by molar-refractivity contribution is -0.117. The largest absolute Gasteiger partial charge is 0.374 e. The van der Waals surface area contributed by atoms with Gasteiger partial charge in [0.15, 0.2) is 0 Å². The average molecular weight is 359 g/mol. The van der Waals surface area contributed by atoms with Crippen molar-refractivity contribution in [2.45, 2.75) is 32.8 Å². The van der Waals surface area contributed by atoms with E-state index >= 15 is 0 Å². The van der Waals surface area contributed by atoms with E-state index in [4.69, 9.17) is 4.74 Å². The summed E-state index contributed by atoms with van der Waals surface area (Å²) in [6, 6.07) is 6.15. The number of carbonyl (C=O) groups excluding carboxylic acids is 1. The van der Waals surface area contributed by atoms with Gasteiger partial charge in [-0.25, -0.2) is 0 Å². The predicted octanol–water partition coefficient (Wildman–Crippen LogP) is 3.00. The van der Waals surface area contributed by atoms with Crippen LogP contribution in [-0.2, 0) is 16.0 Å². The Morgan fingerprint density at radius 2 is 2.11 bits per heavy atom. The van der Waals surface area contributed by atoms with E-state index in [1.807, 2.05) is 37.8 Å². The van der Waals surface area contributed by atoms with E-state index in [2.05, 4.69) is 28.7 Å². The van der Waals surface area contributed by atoms with Gasteiger partial charge >= 0.3 is 0 Å². The van der Waals surface area contributed by atoms with E-state index < -0.39 is 0 Å². The van der Waals surface area contributed by atoms with Gasteiger partial charge in [-0.3, -0.25) is 4.79 Å². The summed E-state index contributed by atoms with van der Waals surface area (Å²) in [4.78, 5) is 13.8. The fourth-order valence-corrected chi connectivity index (χ4v) is 2.60. The van der Waals surface area contributed by atoms with E-state index in [0.29, 0.717) is 19.6 Å². The summed E-state index contributed by atoms with van der Waals surface area (Å²) in [5.41, 5.74) is 2.01. The third-order valence-electron chi connectivity index (χ3n) is 2.83. The number of amides is 1. The molecular formula is C14H18INO2. The van der Waals surface area contributed by atoms with Gasteiger partial charge in [-0.2, -0.15) is 0 Å². The summed E-state index contributed by atoms with van der Waals surface area (Å²) in [6.07, 6.45) is 0.516. The van der Waals surface area contributed by atoms with E-state index in [-0.39, 0.29) is 11.5 Å². The van der Waals surface area contributed by atoms with E-state index in [1.165, 1.54) is 3.57 Å². The molecule has 0 aliphatic carbocycles. The van der Waals surface area contributed by atoms with Gasteiger partial charge < -0.3 is 9.64 Å². The molecule has 0 N–H and O–H groups in total. The van der Waals surface area contributed by atoms with Crippen molar-refractivity contribution in [2.24, 2.45) is 0 Å². The number of nitrogens with zero attached hydrogens (tertiary/aromatic N) is 1. The molecule has 4 heteroatoms. The Kier molecular flexibility index (Phi) is 3.96. The molecule has 0 atom stereocenters. The first-order chi connectivity index (χ1) is 8.37. The van der Waals surface area contributed by atoms with E-state index in [0.717, 1.165) is 11.3 Å². The van der Waals surface area contributed by atoms with Gasteiger partial charge in [-0.05, 0) is 67.1 Å². The number of anilines is 1. The van der Waals surface area contributed by atoms with Crippen LogP contribution in [0.5, 0.6) is 0 Å². The van der Waals surface area contributed by atoms with Crippen molar-refractivity contribution >= 4 is 34.2 Å². The third kappa shape index (κ3) is 3.23. The molecule has 0 saturated carbocycles. The Bertz CT molecular complexity index is 465. The Morgan fingerprint density at radius 3 is 2.78 bits per heavy atom. The molecule has 3 nitrogen and oxygen atoms in total.